The van der Waals surface area contributed by atoms with Gasteiger partial charge in [0.15, 0.2) is 6.61 Å². The van der Waals surface area contributed by atoms with Crippen LogP contribution in [0.4, 0.5) is 5.69 Å². The number of amides is 1. The number of hydrogen-bond acceptors (Lipinski definition) is 5. The largest absolute Gasteiger partial charge is 0.497 e. The molecule has 0 atom stereocenters. The van der Waals surface area contributed by atoms with E-state index in [4.69, 9.17) is 21.1 Å². The van der Waals surface area contributed by atoms with E-state index in [0.717, 1.165) is 0 Å². The minimum atomic E-state index is -0.283. The van der Waals surface area contributed by atoms with Gasteiger partial charge in [-0.1, -0.05) is 11.6 Å². The van der Waals surface area contributed by atoms with Crippen molar-refractivity contribution in [2.24, 2.45) is 0 Å². The third-order valence-corrected chi connectivity index (χ3v) is 3.59. The Morgan fingerprint density at radius 3 is 2.56 bits per heavy atom. The van der Waals surface area contributed by atoms with Gasteiger partial charge in [0.05, 0.1) is 12.8 Å². The van der Waals surface area contributed by atoms with Crippen LogP contribution >= 0.6 is 11.6 Å². The molecule has 0 radical (unpaired) electrons. The predicted octanol–water partition coefficient (Wildman–Crippen LogP) is 2.95. The molecule has 128 valence electrons. The fourth-order valence-electron chi connectivity index (χ4n) is 2.15. The fourth-order valence-corrected chi connectivity index (χ4v) is 2.32. The molecule has 0 unspecified atom stereocenters. The number of methoxy groups -OCH3 is 1. The second-order valence-electron chi connectivity index (χ2n) is 5.05. The highest BCUT2D eigenvalue weighted by molar-refractivity contribution is 6.30. The number of aromatic nitrogens is 3. The van der Waals surface area contributed by atoms with Crippen molar-refractivity contribution in [3.8, 4) is 17.2 Å². The van der Waals surface area contributed by atoms with Gasteiger partial charge in [-0.05, 0) is 42.5 Å². The molecule has 0 saturated carbocycles. The van der Waals surface area contributed by atoms with E-state index in [-0.39, 0.29) is 12.5 Å². The Morgan fingerprint density at radius 2 is 1.88 bits per heavy atom. The van der Waals surface area contributed by atoms with Gasteiger partial charge in [-0.15, -0.1) is 10.2 Å². The van der Waals surface area contributed by atoms with Crippen LogP contribution in [0.2, 0.25) is 5.02 Å². The van der Waals surface area contributed by atoms with E-state index in [1.807, 2.05) is 0 Å². The van der Waals surface area contributed by atoms with Crippen LogP contribution in [0.15, 0.2) is 55.1 Å². The number of nitrogens with one attached hydrogen (secondary N) is 1. The summed E-state index contributed by atoms with van der Waals surface area (Å²) in [5.74, 6) is 0.929. The average Bonchev–Trinajstić information content (AvgIpc) is 3.16. The van der Waals surface area contributed by atoms with Crippen molar-refractivity contribution in [2.75, 3.05) is 19.0 Å². The lowest BCUT2D eigenvalue weighted by Crippen LogP contribution is -2.20. The van der Waals surface area contributed by atoms with Gasteiger partial charge in [-0.3, -0.25) is 9.36 Å². The van der Waals surface area contributed by atoms with Gasteiger partial charge < -0.3 is 14.8 Å². The van der Waals surface area contributed by atoms with E-state index in [1.165, 1.54) is 12.7 Å². The molecule has 0 aliphatic carbocycles. The zero-order valence-electron chi connectivity index (χ0n) is 13.3. The van der Waals surface area contributed by atoms with Crippen LogP contribution in [0.3, 0.4) is 0 Å². The summed E-state index contributed by atoms with van der Waals surface area (Å²) in [6.45, 7) is -0.150. The molecule has 0 aliphatic rings. The normalized spacial score (nSPS) is 10.3. The van der Waals surface area contributed by atoms with Crippen molar-refractivity contribution in [3.63, 3.8) is 0 Å². The first kappa shape index (κ1) is 16.8. The maximum Gasteiger partial charge on any atom is 0.262 e. The Balaban J connectivity index is 1.66. The summed E-state index contributed by atoms with van der Waals surface area (Å²) in [5, 5.41) is 10.8. The van der Waals surface area contributed by atoms with Gasteiger partial charge in [-0.25, -0.2) is 0 Å². The van der Waals surface area contributed by atoms with E-state index in [0.29, 0.717) is 27.9 Å². The van der Waals surface area contributed by atoms with Crippen LogP contribution in [0, 0.1) is 0 Å². The van der Waals surface area contributed by atoms with Crippen molar-refractivity contribution >= 4 is 23.2 Å². The first-order valence-corrected chi connectivity index (χ1v) is 7.75. The van der Waals surface area contributed by atoms with Crippen LogP contribution in [-0.4, -0.2) is 34.4 Å². The van der Waals surface area contributed by atoms with Crippen LogP contribution in [-0.2, 0) is 4.79 Å². The molecular formula is C17H15ClN4O3. The highest BCUT2D eigenvalue weighted by Gasteiger charge is 2.10. The number of rotatable bonds is 6. The van der Waals surface area contributed by atoms with Gasteiger partial charge >= 0.3 is 0 Å². The summed E-state index contributed by atoms with van der Waals surface area (Å²) in [4.78, 5) is 12.1. The number of carbonyl (C=O) groups excluding carboxylic acids is 1. The molecule has 0 fully saturated rings. The minimum absolute atomic E-state index is 0.150. The van der Waals surface area contributed by atoms with Crippen LogP contribution in [0.5, 0.6) is 11.5 Å². The lowest BCUT2D eigenvalue weighted by Gasteiger charge is -2.12. The van der Waals surface area contributed by atoms with Crippen molar-refractivity contribution < 1.29 is 14.3 Å². The number of halogens is 1. The van der Waals surface area contributed by atoms with Gasteiger partial charge in [0.25, 0.3) is 5.91 Å². The van der Waals surface area contributed by atoms with Crippen molar-refractivity contribution in [3.05, 3.63) is 60.1 Å². The molecule has 0 spiro atoms. The molecule has 3 aromatic rings. The summed E-state index contributed by atoms with van der Waals surface area (Å²) in [7, 11) is 1.58. The summed E-state index contributed by atoms with van der Waals surface area (Å²) in [6, 6.07) is 12.1. The summed E-state index contributed by atoms with van der Waals surface area (Å²) in [5.41, 5.74) is 1.30. The number of hydrogen-bond donors (Lipinski definition) is 1. The Kier molecular flexibility index (Phi) is 5.15. The number of anilines is 1. The van der Waals surface area contributed by atoms with Crippen LogP contribution < -0.4 is 14.8 Å². The van der Waals surface area contributed by atoms with Crippen molar-refractivity contribution in [2.45, 2.75) is 0 Å². The molecule has 7 nitrogen and oxygen atoms in total. The SMILES string of the molecule is COc1ccc(NC(=O)COc2ccc(Cl)cc2-n2cnnc2)cc1. The molecule has 3 rings (SSSR count). The van der Waals surface area contributed by atoms with Gasteiger partial charge in [0.1, 0.15) is 24.2 Å². The zero-order valence-corrected chi connectivity index (χ0v) is 14.1. The Bertz CT molecular complexity index is 851. The summed E-state index contributed by atoms with van der Waals surface area (Å²) in [6.07, 6.45) is 3.05. The van der Waals surface area contributed by atoms with E-state index >= 15 is 0 Å². The lowest BCUT2D eigenvalue weighted by atomic mass is 10.3. The number of ether oxygens (including phenoxy) is 2. The number of carbonyl (C=O) groups is 1. The van der Waals surface area contributed by atoms with Crippen LogP contribution in [0.25, 0.3) is 5.69 Å². The van der Waals surface area contributed by atoms with Gasteiger partial charge in [0, 0.05) is 10.7 Å². The third-order valence-electron chi connectivity index (χ3n) is 3.35. The standard InChI is InChI=1S/C17H15ClN4O3/c1-24-14-5-3-13(4-6-14)21-17(23)9-25-16-7-2-12(18)8-15(16)22-10-19-20-11-22/h2-8,10-11H,9H2,1H3,(H,21,23). The molecule has 1 aromatic heterocycles. The molecule has 8 heteroatoms. The summed E-state index contributed by atoms with van der Waals surface area (Å²) >= 11 is 6.03. The van der Waals surface area contributed by atoms with E-state index in [9.17, 15) is 4.79 Å². The summed E-state index contributed by atoms with van der Waals surface area (Å²) < 4.78 is 12.4. The average molecular weight is 359 g/mol. The molecule has 0 aliphatic heterocycles. The minimum Gasteiger partial charge on any atom is -0.497 e. The Labute approximate surface area is 149 Å². The molecule has 25 heavy (non-hydrogen) atoms. The highest BCUT2D eigenvalue weighted by Crippen LogP contribution is 2.26. The quantitative estimate of drug-likeness (QED) is 0.733. The molecular weight excluding hydrogens is 344 g/mol. The van der Waals surface area contributed by atoms with Gasteiger partial charge in [-0.2, -0.15) is 0 Å². The van der Waals surface area contributed by atoms with Crippen molar-refractivity contribution in [1.82, 2.24) is 14.8 Å². The second-order valence-corrected chi connectivity index (χ2v) is 5.48. The van der Waals surface area contributed by atoms with E-state index in [1.54, 1.807) is 54.1 Å². The highest BCUT2D eigenvalue weighted by atomic mass is 35.5. The van der Waals surface area contributed by atoms with E-state index in [2.05, 4.69) is 15.5 Å². The van der Waals surface area contributed by atoms with Crippen LogP contribution in [0.1, 0.15) is 0 Å². The number of benzene rings is 2. The monoisotopic (exact) mass is 358 g/mol. The first-order valence-electron chi connectivity index (χ1n) is 7.37. The molecule has 1 amide bonds. The third kappa shape index (κ3) is 4.27. The number of nitrogens with zero attached hydrogens (tertiary/aromatic N) is 3. The van der Waals surface area contributed by atoms with E-state index < -0.39 is 0 Å². The molecule has 1 N–H and O–H groups in total. The molecule has 0 saturated heterocycles. The maximum absolute atomic E-state index is 12.1. The Hall–Kier alpha value is -3.06. The van der Waals surface area contributed by atoms with Crippen molar-refractivity contribution in [1.29, 1.82) is 0 Å². The predicted molar refractivity (Wildman–Crippen MR) is 93.5 cm³/mol. The smallest absolute Gasteiger partial charge is 0.262 e. The van der Waals surface area contributed by atoms with Gasteiger partial charge in [0.2, 0.25) is 0 Å². The molecule has 0 bridgehead atoms. The Morgan fingerprint density at radius 1 is 1.16 bits per heavy atom. The lowest BCUT2D eigenvalue weighted by molar-refractivity contribution is -0.118. The fraction of sp³-hybridized carbons (Fsp3) is 0.118. The topological polar surface area (TPSA) is 78.3 Å². The molecule has 2 aromatic carbocycles. The maximum atomic E-state index is 12.1. The second kappa shape index (κ2) is 7.67. The zero-order chi connectivity index (χ0) is 17.6. The first-order chi connectivity index (χ1) is 12.2. The molecule has 1 heterocycles.